The van der Waals surface area contributed by atoms with E-state index in [1.807, 2.05) is 0 Å². The van der Waals surface area contributed by atoms with Gasteiger partial charge < -0.3 is 5.11 Å². The van der Waals surface area contributed by atoms with Gasteiger partial charge in [-0.2, -0.15) is 0 Å². The lowest BCUT2D eigenvalue weighted by Gasteiger charge is -2.20. The summed E-state index contributed by atoms with van der Waals surface area (Å²) >= 11 is 0. The van der Waals surface area contributed by atoms with Crippen LogP contribution >= 0.6 is 0 Å². The number of aliphatic hydroxyl groups is 1. The molecule has 16 heavy (non-hydrogen) atoms. The van der Waals surface area contributed by atoms with Crippen LogP contribution < -0.4 is 4.72 Å². The lowest BCUT2D eigenvalue weighted by atomic mass is 10.2. The minimum Gasteiger partial charge on any atom is -0.395 e. The molecule has 6 heteroatoms. The molecule has 0 aliphatic carbocycles. The summed E-state index contributed by atoms with van der Waals surface area (Å²) in [5.41, 5.74) is 0. The Balaban J connectivity index is 3.75. The van der Waals surface area contributed by atoms with E-state index in [0.717, 1.165) is 25.6 Å². The topological polar surface area (TPSA) is 69.6 Å². The van der Waals surface area contributed by atoms with Crippen LogP contribution in [0, 0.1) is 0 Å². The van der Waals surface area contributed by atoms with Gasteiger partial charge in [0.25, 0.3) is 0 Å². The first kappa shape index (κ1) is 15.8. The second kappa shape index (κ2) is 8.92. The molecule has 0 aromatic carbocycles. The first-order valence-corrected chi connectivity index (χ1v) is 7.66. The molecule has 2 N–H and O–H groups in total. The predicted octanol–water partition coefficient (Wildman–Crippen LogP) is 0.0201. The van der Waals surface area contributed by atoms with Crippen LogP contribution in [0.3, 0.4) is 0 Å². The highest BCUT2D eigenvalue weighted by atomic mass is 32.2. The van der Waals surface area contributed by atoms with Crippen molar-refractivity contribution in [3.63, 3.8) is 0 Å². The Morgan fingerprint density at radius 3 is 2.38 bits per heavy atom. The van der Waals surface area contributed by atoms with Gasteiger partial charge in [0.15, 0.2) is 0 Å². The molecule has 0 saturated carbocycles. The third-order valence-electron chi connectivity index (χ3n) is 2.29. The third-order valence-corrected chi connectivity index (χ3v) is 3.01. The zero-order chi connectivity index (χ0) is 12.4. The van der Waals surface area contributed by atoms with E-state index in [9.17, 15) is 8.42 Å². The monoisotopic (exact) mass is 252 g/mol. The molecule has 0 aromatic heterocycles. The average molecular weight is 252 g/mol. The molecule has 0 fully saturated rings. The molecule has 0 bridgehead atoms. The molecule has 0 unspecified atom stereocenters. The fourth-order valence-electron chi connectivity index (χ4n) is 1.45. The maximum absolute atomic E-state index is 10.9. The fraction of sp³-hybridized carbons (Fsp3) is 1.00. The summed E-state index contributed by atoms with van der Waals surface area (Å²) in [4.78, 5) is 2.08. The lowest BCUT2D eigenvalue weighted by Crippen LogP contribution is -2.36. The Morgan fingerprint density at radius 2 is 1.88 bits per heavy atom. The van der Waals surface area contributed by atoms with E-state index in [4.69, 9.17) is 5.11 Å². The van der Waals surface area contributed by atoms with Crippen molar-refractivity contribution in [3.8, 4) is 0 Å². The van der Waals surface area contributed by atoms with Crippen LogP contribution in [0.5, 0.6) is 0 Å². The van der Waals surface area contributed by atoms with Crippen LogP contribution in [-0.4, -0.2) is 57.5 Å². The number of hydrogen-bond acceptors (Lipinski definition) is 4. The van der Waals surface area contributed by atoms with Crippen LogP contribution in [0.1, 0.15) is 26.2 Å². The molecule has 0 heterocycles. The van der Waals surface area contributed by atoms with E-state index in [2.05, 4.69) is 16.5 Å². The van der Waals surface area contributed by atoms with Crippen molar-refractivity contribution in [2.24, 2.45) is 0 Å². The van der Waals surface area contributed by atoms with Gasteiger partial charge in [0.2, 0.25) is 10.0 Å². The van der Waals surface area contributed by atoms with Gasteiger partial charge in [-0.05, 0) is 13.0 Å². The third kappa shape index (κ3) is 10.4. The normalized spacial score (nSPS) is 12.2. The molecule has 5 nitrogen and oxygen atoms in total. The second-order valence-electron chi connectivity index (χ2n) is 3.94. The molecule has 0 rings (SSSR count). The molecule has 98 valence electrons. The second-order valence-corrected chi connectivity index (χ2v) is 5.77. The maximum Gasteiger partial charge on any atom is 0.208 e. The van der Waals surface area contributed by atoms with E-state index in [1.165, 1.54) is 6.42 Å². The first-order chi connectivity index (χ1) is 7.49. The zero-order valence-electron chi connectivity index (χ0n) is 10.3. The number of unbranched alkanes of at least 4 members (excludes halogenated alkanes) is 2. The molecule has 0 radical (unpaired) electrons. The van der Waals surface area contributed by atoms with Crippen molar-refractivity contribution >= 4 is 10.0 Å². The Labute approximate surface area is 98.9 Å². The SMILES string of the molecule is CCCCCN(CCO)CCNS(C)(=O)=O. The van der Waals surface area contributed by atoms with E-state index in [-0.39, 0.29) is 6.61 Å². The Hall–Kier alpha value is -0.170. The number of nitrogens with zero attached hydrogens (tertiary/aromatic N) is 1. The highest BCUT2D eigenvalue weighted by Crippen LogP contribution is 1.97. The average Bonchev–Trinajstić information content (AvgIpc) is 2.16. The van der Waals surface area contributed by atoms with Crippen LogP contribution in [0.15, 0.2) is 0 Å². The van der Waals surface area contributed by atoms with Crippen LogP contribution in [0.4, 0.5) is 0 Å². The number of sulfonamides is 1. The summed E-state index contributed by atoms with van der Waals surface area (Å²) in [5.74, 6) is 0. The van der Waals surface area contributed by atoms with Gasteiger partial charge in [-0.15, -0.1) is 0 Å². The molecule has 0 amide bonds. The highest BCUT2D eigenvalue weighted by Gasteiger charge is 2.05. The van der Waals surface area contributed by atoms with E-state index in [1.54, 1.807) is 0 Å². The van der Waals surface area contributed by atoms with Crippen molar-refractivity contribution in [1.29, 1.82) is 0 Å². The van der Waals surface area contributed by atoms with Gasteiger partial charge in [0, 0.05) is 19.6 Å². The summed E-state index contributed by atoms with van der Waals surface area (Å²) in [6.45, 7) is 4.84. The van der Waals surface area contributed by atoms with Gasteiger partial charge in [-0.1, -0.05) is 19.8 Å². The van der Waals surface area contributed by atoms with Crippen molar-refractivity contribution in [2.75, 3.05) is 39.0 Å². The van der Waals surface area contributed by atoms with E-state index < -0.39 is 10.0 Å². The van der Waals surface area contributed by atoms with Gasteiger partial charge >= 0.3 is 0 Å². The Morgan fingerprint density at radius 1 is 1.19 bits per heavy atom. The maximum atomic E-state index is 10.9. The summed E-state index contributed by atoms with van der Waals surface area (Å²) in [5, 5.41) is 8.87. The summed E-state index contributed by atoms with van der Waals surface area (Å²) in [6.07, 6.45) is 4.58. The summed E-state index contributed by atoms with van der Waals surface area (Å²) in [6, 6.07) is 0. The van der Waals surface area contributed by atoms with Gasteiger partial charge in [-0.3, -0.25) is 4.90 Å². The largest absolute Gasteiger partial charge is 0.395 e. The standard InChI is InChI=1S/C10H24N2O3S/c1-3-4-5-7-12(9-10-13)8-6-11-16(2,14)15/h11,13H,3-10H2,1-2H3. The molecule has 0 spiro atoms. The Kier molecular flexibility index (Phi) is 8.83. The minimum absolute atomic E-state index is 0.116. The quantitative estimate of drug-likeness (QED) is 0.538. The number of aliphatic hydroxyl groups excluding tert-OH is 1. The molecule has 0 aromatic rings. The number of nitrogens with one attached hydrogen (secondary N) is 1. The van der Waals surface area contributed by atoms with E-state index >= 15 is 0 Å². The van der Waals surface area contributed by atoms with Crippen LogP contribution in [-0.2, 0) is 10.0 Å². The van der Waals surface area contributed by atoms with Gasteiger partial charge in [-0.25, -0.2) is 13.1 Å². The molecule has 0 aliphatic heterocycles. The van der Waals surface area contributed by atoms with Crippen LogP contribution in [0.25, 0.3) is 0 Å². The summed E-state index contributed by atoms with van der Waals surface area (Å²) < 4.78 is 24.2. The van der Waals surface area contributed by atoms with Crippen molar-refractivity contribution < 1.29 is 13.5 Å². The molecular formula is C10H24N2O3S. The predicted molar refractivity (Wildman–Crippen MR) is 65.9 cm³/mol. The zero-order valence-corrected chi connectivity index (χ0v) is 11.1. The minimum atomic E-state index is -3.10. The smallest absolute Gasteiger partial charge is 0.208 e. The van der Waals surface area contributed by atoms with Crippen molar-refractivity contribution in [3.05, 3.63) is 0 Å². The van der Waals surface area contributed by atoms with Gasteiger partial charge in [0.05, 0.1) is 12.9 Å². The molecule has 0 aliphatic rings. The van der Waals surface area contributed by atoms with E-state index in [0.29, 0.717) is 19.6 Å². The number of hydrogen-bond donors (Lipinski definition) is 2. The van der Waals surface area contributed by atoms with Crippen LogP contribution in [0.2, 0.25) is 0 Å². The first-order valence-electron chi connectivity index (χ1n) is 5.77. The fourth-order valence-corrected chi connectivity index (χ4v) is 1.91. The Bertz CT molecular complexity index is 255. The molecular weight excluding hydrogens is 228 g/mol. The van der Waals surface area contributed by atoms with Crippen molar-refractivity contribution in [2.45, 2.75) is 26.2 Å². The summed E-state index contributed by atoms with van der Waals surface area (Å²) in [7, 11) is -3.10. The molecule has 0 saturated heterocycles. The molecule has 0 atom stereocenters. The number of rotatable bonds is 10. The van der Waals surface area contributed by atoms with Crippen molar-refractivity contribution in [1.82, 2.24) is 9.62 Å². The highest BCUT2D eigenvalue weighted by molar-refractivity contribution is 7.88. The van der Waals surface area contributed by atoms with Gasteiger partial charge in [0.1, 0.15) is 0 Å². The lowest BCUT2D eigenvalue weighted by molar-refractivity contribution is 0.195.